The van der Waals surface area contributed by atoms with Crippen LogP contribution in [-0.4, -0.2) is 34.7 Å². The Morgan fingerprint density at radius 2 is 2.00 bits per heavy atom. The molecule has 0 saturated heterocycles. The number of benzene rings is 1. The summed E-state index contributed by atoms with van der Waals surface area (Å²) in [6, 6.07) is 7.46. The van der Waals surface area contributed by atoms with Gasteiger partial charge in [0.2, 0.25) is 11.6 Å². The van der Waals surface area contributed by atoms with Crippen LogP contribution in [0.2, 0.25) is 5.02 Å². The molecule has 0 fully saturated rings. The van der Waals surface area contributed by atoms with E-state index in [-0.39, 0.29) is 18.2 Å². The molecule has 2 heterocycles. The molecule has 2 aliphatic heterocycles. The van der Waals surface area contributed by atoms with E-state index in [0.717, 1.165) is 42.7 Å². The molecule has 1 unspecified atom stereocenters. The van der Waals surface area contributed by atoms with Crippen LogP contribution >= 0.6 is 11.6 Å². The lowest BCUT2D eigenvalue weighted by Gasteiger charge is -2.17. The fraction of sp³-hybridized carbons (Fsp3) is 0.417. The molecule has 3 rings (SSSR count). The van der Waals surface area contributed by atoms with Gasteiger partial charge in [0.1, 0.15) is 0 Å². The minimum Gasteiger partial charge on any atom is -0.365 e. The second-order valence-corrected chi connectivity index (χ2v) is 7.60. The Morgan fingerprint density at radius 1 is 1.23 bits per heavy atom. The molecule has 1 aromatic rings. The van der Waals surface area contributed by atoms with Crippen LogP contribution in [-0.2, 0) is 4.79 Å². The average molecular weight is 446 g/mol. The van der Waals surface area contributed by atoms with Crippen molar-refractivity contribution in [2.45, 2.75) is 51.9 Å². The number of allylic oxidation sites excluding steroid dienone is 2. The third kappa shape index (κ3) is 8.13. The maximum absolute atomic E-state index is 12.6. The van der Waals surface area contributed by atoms with Gasteiger partial charge in [0.25, 0.3) is 0 Å². The summed E-state index contributed by atoms with van der Waals surface area (Å²) < 4.78 is 1.25. The van der Waals surface area contributed by atoms with Crippen molar-refractivity contribution in [2.75, 3.05) is 13.1 Å². The molecule has 0 radical (unpaired) electrons. The molecule has 1 aromatic carbocycles. The van der Waals surface area contributed by atoms with Gasteiger partial charge in [-0.3, -0.25) is 10.0 Å². The van der Waals surface area contributed by atoms with E-state index in [1.165, 1.54) is 4.74 Å². The smallest absolute Gasteiger partial charge is 0.234 e. The van der Waals surface area contributed by atoms with Crippen molar-refractivity contribution >= 4 is 23.2 Å². The normalized spacial score (nSPS) is 15.8. The summed E-state index contributed by atoms with van der Waals surface area (Å²) in [4.78, 5) is 12.6. The van der Waals surface area contributed by atoms with E-state index in [0.29, 0.717) is 18.1 Å². The quantitative estimate of drug-likeness (QED) is 0.257. The number of hydrogen-bond acceptors (Lipinski definition) is 4. The van der Waals surface area contributed by atoms with E-state index in [1.54, 1.807) is 0 Å². The van der Waals surface area contributed by atoms with E-state index in [4.69, 9.17) is 11.6 Å². The van der Waals surface area contributed by atoms with Crippen LogP contribution in [0, 0.1) is 0 Å². The summed E-state index contributed by atoms with van der Waals surface area (Å²) in [5, 5.41) is 20.2. The first kappa shape index (κ1) is 24.5. The Bertz CT molecular complexity index is 828. The molecule has 31 heavy (non-hydrogen) atoms. The summed E-state index contributed by atoms with van der Waals surface area (Å²) in [5.41, 5.74) is 2.84. The molecular weight excluding hydrogens is 412 g/mol. The molecule has 168 valence electrons. The topological polar surface area (TPSA) is 76.4 Å². The fourth-order valence-corrected chi connectivity index (χ4v) is 3.58. The molecule has 7 heteroatoms. The number of hydroxylamine groups is 1. The highest BCUT2D eigenvalue weighted by molar-refractivity contribution is 6.30. The Labute approximate surface area is 190 Å². The number of rotatable bonds is 9. The minimum absolute atomic E-state index is 0.0237. The number of nitrogens with one attached hydrogen (secondary N) is 3. The molecule has 2 aliphatic rings. The standard InChI is InChI=1S/C22H27ClN4O2.C2H6/c23-18-9-7-17(8-10-18)20(21-6-2-4-14-27(21)29)15-22(28)26-11-3-1-5-19-16-24-12-13-25-19;1-2/h2,6-10,12-13,16,20,24-25H,1,3-5,11,14-15H2,(H-,26,28,29);1-2H3/p+1. The van der Waals surface area contributed by atoms with Gasteiger partial charge < -0.3 is 16.0 Å². The van der Waals surface area contributed by atoms with E-state index in [2.05, 4.69) is 16.0 Å². The fourth-order valence-electron chi connectivity index (χ4n) is 3.46. The van der Waals surface area contributed by atoms with Gasteiger partial charge in [0, 0.05) is 54.8 Å². The zero-order valence-corrected chi connectivity index (χ0v) is 19.2. The highest BCUT2D eigenvalue weighted by Crippen LogP contribution is 2.25. The van der Waals surface area contributed by atoms with Crippen molar-refractivity contribution in [1.29, 1.82) is 0 Å². The summed E-state index contributed by atoms with van der Waals surface area (Å²) >= 11 is 6.01. The van der Waals surface area contributed by atoms with Crippen LogP contribution in [0.3, 0.4) is 0 Å². The molecule has 0 saturated carbocycles. The zero-order valence-electron chi connectivity index (χ0n) is 18.4. The van der Waals surface area contributed by atoms with Gasteiger partial charge in [-0.05, 0) is 41.7 Å². The maximum atomic E-state index is 12.6. The lowest BCUT2D eigenvalue weighted by atomic mass is 9.89. The minimum atomic E-state index is -0.219. The molecule has 0 spiro atoms. The lowest BCUT2D eigenvalue weighted by Crippen LogP contribution is -2.32. The predicted molar refractivity (Wildman–Crippen MR) is 126 cm³/mol. The summed E-state index contributed by atoms with van der Waals surface area (Å²) in [6.45, 7) is 5.17. The highest BCUT2D eigenvalue weighted by atomic mass is 35.5. The van der Waals surface area contributed by atoms with Crippen LogP contribution in [0.5, 0.6) is 0 Å². The molecule has 0 aliphatic carbocycles. The van der Waals surface area contributed by atoms with Crippen LogP contribution < -0.4 is 16.0 Å². The number of hydrogen-bond donors (Lipinski definition) is 4. The zero-order chi connectivity index (χ0) is 22.5. The van der Waals surface area contributed by atoms with Crippen LogP contribution in [0.4, 0.5) is 0 Å². The van der Waals surface area contributed by atoms with E-state index >= 15 is 0 Å². The van der Waals surface area contributed by atoms with Gasteiger partial charge in [-0.1, -0.05) is 43.7 Å². The number of carbonyl (C=O) groups is 1. The van der Waals surface area contributed by atoms with Crippen molar-refractivity contribution in [3.63, 3.8) is 0 Å². The van der Waals surface area contributed by atoms with Gasteiger partial charge in [-0.15, -0.1) is 0 Å². The van der Waals surface area contributed by atoms with Crippen molar-refractivity contribution in [2.24, 2.45) is 0 Å². The number of halogens is 1. The van der Waals surface area contributed by atoms with E-state index in [9.17, 15) is 10.0 Å². The molecule has 0 bridgehead atoms. The molecule has 1 atom stereocenters. The Morgan fingerprint density at radius 3 is 2.68 bits per heavy atom. The van der Waals surface area contributed by atoms with Gasteiger partial charge in [0.15, 0.2) is 6.54 Å². The number of amides is 1. The Hall–Kier alpha value is -2.73. The van der Waals surface area contributed by atoms with Gasteiger partial charge in [-0.2, -0.15) is 0 Å². The second-order valence-electron chi connectivity index (χ2n) is 7.17. The van der Waals surface area contributed by atoms with Gasteiger partial charge in [0.05, 0.1) is 5.92 Å². The average Bonchev–Trinajstić information content (AvgIpc) is 2.80. The van der Waals surface area contributed by atoms with Crippen molar-refractivity contribution < 1.29 is 14.7 Å². The Kier molecular flexibility index (Phi) is 10.7. The molecule has 4 N–H and O–H groups in total. The first-order valence-corrected chi connectivity index (χ1v) is 11.4. The molecule has 1 amide bonds. The van der Waals surface area contributed by atoms with Crippen LogP contribution in [0.25, 0.3) is 0 Å². The monoisotopic (exact) mass is 445 g/mol. The SMILES string of the molecule is CC.O=C(CC(C1=[N+](O)CCC=C1)c1ccc(Cl)cc1)NCCCCC1=CNC=CN1. The number of unbranched alkanes of at least 4 members (excludes halogenated alkanes) is 1. The maximum Gasteiger partial charge on any atom is 0.234 e. The lowest BCUT2D eigenvalue weighted by molar-refractivity contribution is -0.775. The first-order valence-electron chi connectivity index (χ1n) is 11.0. The molecular formula is C24H34ClN4O2+. The van der Waals surface area contributed by atoms with Crippen LogP contribution in [0.15, 0.2) is 60.7 Å². The predicted octanol–water partition coefficient (Wildman–Crippen LogP) is 4.43. The summed E-state index contributed by atoms with van der Waals surface area (Å²) in [5.74, 6) is -0.243. The summed E-state index contributed by atoms with van der Waals surface area (Å²) in [6.07, 6.45) is 13.5. The molecule has 6 nitrogen and oxygen atoms in total. The largest absolute Gasteiger partial charge is 0.365 e. The third-order valence-electron chi connectivity index (χ3n) is 5.01. The van der Waals surface area contributed by atoms with Crippen LogP contribution in [0.1, 0.15) is 57.4 Å². The van der Waals surface area contributed by atoms with Crippen molar-refractivity contribution in [3.8, 4) is 0 Å². The van der Waals surface area contributed by atoms with Crippen molar-refractivity contribution in [3.05, 3.63) is 71.3 Å². The van der Waals surface area contributed by atoms with Crippen molar-refractivity contribution in [1.82, 2.24) is 16.0 Å². The first-order chi connectivity index (χ1) is 15.1. The van der Waals surface area contributed by atoms with Gasteiger partial charge in [-0.25, -0.2) is 0 Å². The number of nitrogens with zero attached hydrogens (tertiary/aromatic N) is 1. The van der Waals surface area contributed by atoms with E-state index in [1.807, 2.05) is 68.9 Å². The number of carbonyl (C=O) groups excluding carboxylic acids is 1. The second kappa shape index (κ2) is 13.5. The summed E-state index contributed by atoms with van der Waals surface area (Å²) in [7, 11) is 0. The third-order valence-corrected chi connectivity index (χ3v) is 5.27. The van der Waals surface area contributed by atoms with Gasteiger partial charge >= 0.3 is 0 Å². The Balaban J connectivity index is 0.00000166. The highest BCUT2D eigenvalue weighted by Gasteiger charge is 2.29. The molecule has 0 aromatic heterocycles. The van der Waals surface area contributed by atoms with E-state index < -0.39 is 0 Å².